The predicted octanol–water partition coefficient (Wildman–Crippen LogP) is 0.909. The molecular weight excluding hydrogens is 244 g/mol. The highest BCUT2D eigenvalue weighted by Gasteiger charge is 2.29. The van der Waals surface area contributed by atoms with Gasteiger partial charge < -0.3 is 10.2 Å². The fourth-order valence-electron chi connectivity index (χ4n) is 2.63. The van der Waals surface area contributed by atoms with Crippen molar-refractivity contribution in [1.82, 2.24) is 20.1 Å². The van der Waals surface area contributed by atoms with E-state index in [1.165, 1.54) is 11.6 Å². The molecule has 1 aliphatic heterocycles. The Morgan fingerprint density at radius 3 is 3.00 bits per heavy atom. The van der Waals surface area contributed by atoms with Gasteiger partial charge in [-0.1, -0.05) is 6.92 Å². The molecule has 0 aliphatic carbocycles. The fraction of sp³-hybridized carbons (Fsp3) is 0.769. The molecule has 5 heteroatoms. The zero-order valence-electron chi connectivity index (χ0n) is 11.6. The van der Waals surface area contributed by atoms with E-state index in [1.807, 2.05) is 6.20 Å². The molecule has 2 rings (SSSR count). The third-order valence-corrected chi connectivity index (χ3v) is 4.51. The predicted molar refractivity (Wildman–Crippen MR) is 77.2 cm³/mol. The van der Waals surface area contributed by atoms with Crippen LogP contribution in [0.2, 0.25) is 0 Å². The Morgan fingerprint density at radius 1 is 1.50 bits per heavy atom. The molecule has 0 spiro atoms. The number of nitrogens with zero attached hydrogens (tertiary/aromatic N) is 3. The zero-order valence-corrected chi connectivity index (χ0v) is 12.4. The van der Waals surface area contributed by atoms with Crippen molar-refractivity contribution in [1.29, 1.82) is 0 Å². The van der Waals surface area contributed by atoms with Crippen LogP contribution < -0.4 is 5.32 Å². The summed E-state index contributed by atoms with van der Waals surface area (Å²) in [5.41, 5.74) is 0. The third-order valence-electron chi connectivity index (χ3n) is 3.71. The summed E-state index contributed by atoms with van der Waals surface area (Å²) in [7, 11) is 4.45. The van der Waals surface area contributed by atoms with E-state index < -0.39 is 0 Å². The van der Waals surface area contributed by atoms with Gasteiger partial charge in [-0.25, -0.2) is 4.98 Å². The van der Waals surface area contributed by atoms with Gasteiger partial charge in [0.25, 0.3) is 0 Å². The standard InChI is InChI=1S/C13H24N4S/c1-4-14-11(9-13-15-5-8-18-13)12-10-16(2)6-7-17(12)3/h5,8,11-12,14H,4,6-7,9-10H2,1-3H3. The number of aromatic nitrogens is 1. The van der Waals surface area contributed by atoms with Crippen LogP contribution in [0.25, 0.3) is 0 Å². The van der Waals surface area contributed by atoms with Gasteiger partial charge in [0.15, 0.2) is 0 Å². The van der Waals surface area contributed by atoms with Gasteiger partial charge in [-0.3, -0.25) is 4.90 Å². The van der Waals surface area contributed by atoms with Gasteiger partial charge in [0.2, 0.25) is 0 Å². The summed E-state index contributed by atoms with van der Waals surface area (Å²) < 4.78 is 0. The second-order valence-electron chi connectivity index (χ2n) is 5.10. The van der Waals surface area contributed by atoms with Crippen molar-refractivity contribution in [2.24, 2.45) is 0 Å². The van der Waals surface area contributed by atoms with Gasteiger partial charge >= 0.3 is 0 Å². The summed E-state index contributed by atoms with van der Waals surface area (Å²) in [4.78, 5) is 9.34. The molecule has 0 aromatic carbocycles. The molecule has 0 amide bonds. The Bertz CT molecular complexity index is 341. The molecule has 1 N–H and O–H groups in total. The maximum atomic E-state index is 4.42. The summed E-state index contributed by atoms with van der Waals surface area (Å²) in [5.74, 6) is 0. The van der Waals surface area contributed by atoms with Gasteiger partial charge in [-0.15, -0.1) is 11.3 Å². The van der Waals surface area contributed by atoms with Crippen molar-refractivity contribution in [2.45, 2.75) is 25.4 Å². The van der Waals surface area contributed by atoms with Crippen molar-refractivity contribution >= 4 is 11.3 Å². The molecule has 102 valence electrons. The van der Waals surface area contributed by atoms with Crippen molar-refractivity contribution in [3.8, 4) is 0 Å². The lowest BCUT2D eigenvalue weighted by molar-refractivity contribution is 0.0881. The number of thiazole rings is 1. The molecule has 4 nitrogen and oxygen atoms in total. The number of hydrogen-bond acceptors (Lipinski definition) is 5. The van der Waals surface area contributed by atoms with Gasteiger partial charge in [-0.2, -0.15) is 0 Å². The quantitative estimate of drug-likeness (QED) is 0.860. The molecule has 1 aromatic rings. The molecule has 1 aliphatic rings. The topological polar surface area (TPSA) is 31.4 Å². The van der Waals surface area contributed by atoms with Crippen LogP contribution in [0.4, 0.5) is 0 Å². The third kappa shape index (κ3) is 3.51. The van der Waals surface area contributed by atoms with E-state index in [0.29, 0.717) is 12.1 Å². The van der Waals surface area contributed by atoms with E-state index in [-0.39, 0.29) is 0 Å². The Labute approximate surface area is 114 Å². The van der Waals surface area contributed by atoms with Crippen molar-refractivity contribution in [3.05, 3.63) is 16.6 Å². The van der Waals surface area contributed by atoms with Gasteiger partial charge in [0.1, 0.15) is 0 Å². The number of hydrogen-bond donors (Lipinski definition) is 1. The first-order valence-corrected chi connectivity index (χ1v) is 7.59. The van der Waals surface area contributed by atoms with E-state index >= 15 is 0 Å². The summed E-state index contributed by atoms with van der Waals surface area (Å²) in [6.07, 6.45) is 2.94. The van der Waals surface area contributed by atoms with Crippen LogP contribution >= 0.6 is 11.3 Å². The summed E-state index contributed by atoms with van der Waals surface area (Å²) in [6, 6.07) is 1.07. The minimum atomic E-state index is 0.494. The number of likely N-dealkylation sites (N-methyl/N-ethyl adjacent to an activating group) is 3. The van der Waals surface area contributed by atoms with Gasteiger partial charge in [0, 0.05) is 49.7 Å². The molecule has 0 saturated carbocycles. The van der Waals surface area contributed by atoms with Crippen LogP contribution in [0.5, 0.6) is 0 Å². The smallest absolute Gasteiger partial charge is 0.0940 e. The molecule has 2 atom stereocenters. The molecule has 1 saturated heterocycles. The summed E-state index contributed by atoms with van der Waals surface area (Å²) in [5, 5.41) is 6.94. The Balaban J connectivity index is 2.03. The molecule has 1 fully saturated rings. The molecule has 18 heavy (non-hydrogen) atoms. The van der Waals surface area contributed by atoms with E-state index in [9.17, 15) is 0 Å². The second kappa shape index (κ2) is 6.61. The highest BCUT2D eigenvalue weighted by Crippen LogP contribution is 2.15. The van der Waals surface area contributed by atoms with E-state index in [1.54, 1.807) is 11.3 Å². The number of rotatable bonds is 5. The normalized spacial score (nSPS) is 24.3. The van der Waals surface area contributed by atoms with E-state index in [2.05, 4.69) is 46.5 Å². The molecule has 0 radical (unpaired) electrons. The van der Waals surface area contributed by atoms with Crippen LogP contribution in [-0.4, -0.2) is 67.1 Å². The first kappa shape index (κ1) is 13.9. The van der Waals surface area contributed by atoms with Crippen molar-refractivity contribution in [2.75, 3.05) is 40.3 Å². The largest absolute Gasteiger partial charge is 0.312 e. The van der Waals surface area contributed by atoms with Crippen molar-refractivity contribution < 1.29 is 0 Å². The molecule has 2 unspecified atom stereocenters. The molecular formula is C13H24N4S. The monoisotopic (exact) mass is 268 g/mol. The SMILES string of the molecule is CCNC(Cc1nccs1)C1CN(C)CCN1C. The Morgan fingerprint density at radius 2 is 2.33 bits per heavy atom. The Kier molecular flexibility index (Phi) is 5.12. The van der Waals surface area contributed by atoms with E-state index in [0.717, 1.165) is 26.1 Å². The second-order valence-corrected chi connectivity index (χ2v) is 6.08. The lowest BCUT2D eigenvalue weighted by atomic mass is 10.0. The van der Waals surface area contributed by atoms with Crippen LogP contribution in [-0.2, 0) is 6.42 Å². The van der Waals surface area contributed by atoms with Crippen molar-refractivity contribution in [3.63, 3.8) is 0 Å². The molecule has 0 bridgehead atoms. The van der Waals surface area contributed by atoms with Crippen LogP contribution in [0.15, 0.2) is 11.6 Å². The van der Waals surface area contributed by atoms with Crippen LogP contribution in [0.1, 0.15) is 11.9 Å². The van der Waals surface area contributed by atoms with Crippen LogP contribution in [0, 0.1) is 0 Å². The highest BCUT2D eigenvalue weighted by atomic mass is 32.1. The minimum absolute atomic E-state index is 0.494. The van der Waals surface area contributed by atoms with Gasteiger partial charge in [-0.05, 0) is 20.6 Å². The maximum Gasteiger partial charge on any atom is 0.0940 e. The fourth-order valence-corrected chi connectivity index (χ4v) is 3.30. The molecule has 1 aromatic heterocycles. The summed E-state index contributed by atoms with van der Waals surface area (Å²) >= 11 is 1.76. The average molecular weight is 268 g/mol. The lowest BCUT2D eigenvalue weighted by Gasteiger charge is -2.42. The molecule has 2 heterocycles. The maximum absolute atomic E-state index is 4.42. The van der Waals surface area contributed by atoms with E-state index in [4.69, 9.17) is 0 Å². The first-order chi connectivity index (χ1) is 8.70. The average Bonchev–Trinajstić information content (AvgIpc) is 2.85. The minimum Gasteiger partial charge on any atom is -0.312 e. The highest BCUT2D eigenvalue weighted by molar-refractivity contribution is 7.09. The zero-order chi connectivity index (χ0) is 13.0. The van der Waals surface area contributed by atoms with Gasteiger partial charge in [0.05, 0.1) is 5.01 Å². The number of nitrogens with one attached hydrogen (secondary N) is 1. The summed E-state index contributed by atoms with van der Waals surface area (Å²) in [6.45, 7) is 6.66. The number of piperazine rings is 1. The lowest BCUT2D eigenvalue weighted by Crippen LogP contribution is -2.59. The first-order valence-electron chi connectivity index (χ1n) is 6.71. The Hall–Kier alpha value is -0.490. The van der Waals surface area contributed by atoms with Crippen LogP contribution in [0.3, 0.4) is 0 Å².